The summed E-state index contributed by atoms with van der Waals surface area (Å²) in [6.07, 6.45) is 0. The molecule has 3 aromatic rings. The average Bonchev–Trinajstić information content (AvgIpc) is 2.63. The quantitative estimate of drug-likeness (QED) is 0.720. The fraction of sp³-hybridized carbons (Fsp3) is 0.100. The van der Waals surface area contributed by atoms with Crippen molar-refractivity contribution in [3.8, 4) is 11.5 Å². The molecule has 0 bridgehead atoms. The van der Waals surface area contributed by atoms with Gasteiger partial charge < -0.3 is 4.74 Å². The third-order valence-electron chi connectivity index (χ3n) is 3.76. The first-order chi connectivity index (χ1) is 12.0. The van der Waals surface area contributed by atoms with Crippen molar-refractivity contribution >= 4 is 10.0 Å². The lowest BCUT2D eigenvalue weighted by molar-refractivity contribution is 0.478. The molecule has 1 N–H and O–H groups in total. The van der Waals surface area contributed by atoms with Gasteiger partial charge in [0.25, 0.3) is 0 Å². The number of sulfonamides is 1. The van der Waals surface area contributed by atoms with Crippen LogP contribution in [0.2, 0.25) is 0 Å². The molecule has 3 rings (SSSR count). The van der Waals surface area contributed by atoms with Crippen LogP contribution in [0.4, 0.5) is 0 Å². The Morgan fingerprint density at radius 2 is 1.48 bits per heavy atom. The van der Waals surface area contributed by atoms with E-state index in [4.69, 9.17) is 4.74 Å². The molecule has 128 valence electrons. The second-order valence-electron chi connectivity index (χ2n) is 5.65. The summed E-state index contributed by atoms with van der Waals surface area (Å²) in [6.45, 7) is 2.21. The minimum absolute atomic E-state index is 0.209. The van der Waals surface area contributed by atoms with Gasteiger partial charge in [-0.25, -0.2) is 13.1 Å². The van der Waals surface area contributed by atoms with Gasteiger partial charge in [-0.05, 0) is 48.4 Å². The zero-order valence-electron chi connectivity index (χ0n) is 13.8. The fourth-order valence-electron chi connectivity index (χ4n) is 2.34. The van der Waals surface area contributed by atoms with Crippen molar-refractivity contribution in [1.82, 2.24) is 4.72 Å². The standard InChI is InChI=1S/C20H19NO3S/c1-16-7-5-6-10-20(16)24-18-11-13-19(14-12-18)25(22,23)21-15-17-8-3-2-4-9-17/h2-14,21H,15H2,1H3. The van der Waals surface area contributed by atoms with Gasteiger partial charge in [-0.2, -0.15) is 0 Å². The lowest BCUT2D eigenvalue weighted by Crippen LogP contribution is -2.23. The van der Waals surface area contributed by atoms with E-state index in [1.165, 1.54) is 0 Å². The number of hydrogen-bond donors (Lipinski definition) is 1. The van der Waals surface area contributed by atoms with E-state index >= 15 is 0 Å². The van der Waals surface area contributed by atoms with Crippen molar-refractivity contribution < 1.29 is 13.2 Å². The Kier molecular flexibility index (Phi) is 5.16. The summed E-state index contributed by atoms with van der Waals surface area (Å²) in [5.74, 6) is 1.34. The second kappa shape index (κ2) is 7.51. The summed E-state index contributed by atoms with van der Waals surface area (Å²) >= 11 is 0. The highest BCUT2D eigenvalue weighted by Gasteiger charge is 2.13. The van der Waals surface area contributed by atoms with Gasteiger partial charge in [0.15, 0.2) is 0 Å². The molecule has 0 aromatic heterocycles. The van der Waals surface area contributed by atoms with Crippen molar-refractivity contribution in [2.45, 2.75) is 18.4 Å². The summed E-state index contributed by atoms with van der Waals surface area (Å²) in [6, 6.07) is 23.5. The summed E-state index contributed by atoms with van der Waals surface area (Å²) < 4.78 is 33.1. The first-order valence-electron chi connectivity index (χ1n) is 7.92. The number of aryl methyl sites for hydroxylation is 1. The molecule has 0 spiro atoms. The third kappa shape index (κ3) is 4.47. The molecule has 0 fully saturated rings. The predicted molar refractivity (Wildman–Crippen MR) is 98.2 cm³/mol. The molecule has 0 aliphatic rings. The first kappa shape index (κ1) is 17.2. The minimum Gasteiger partial charge on any atom is -0.457 e. The number of rotatable bonds is 6. The molecule has 0 heterocycles. The maximum atomic E-state index is 12.4. The van der Waals surface area contributed by atoms with Crippen molar-refractivity contribution in [2.75, 3.05) is 0 Å². The topological polar surface area (TPSA) is 55.4 Å². The summed E-state index contributed by atoms with van der Waals surface area (Å²) in [4.78, 5) is 0.209. The molecule has 3 aromatic carbocycles. The van der Waals surface area contributed by atoms with Crippen LogP contribution in [-0.4, -0.2) is 8.42 Å². The van der Waals surface area contributed by atoms with Crippen LogP contribution in [-0.2, 0) is 16.6 Å². The Bertz CT molecular complexity index is 936. The minimum atomic E-state index is -3.56. The van der Waals surface area contributed by atoms with Crippen molar-refractivity contribution in [3.63, 3.8) is 0 Å². The molecule has 0 unspecified atom stereocenters. The molecule has 0 radical (unpaired) electrons. The molecular formula is C20H19NO3S. The normalized spacial score (nSPS) is 11.2. The molecule has 0 aliphatic carbocycles. The Morgan fingerprint density at radius 1 is 0.840 bits per heavy atom. The monoisotopic (exact) mass is 353 g/mol. The molecule has 5 heteroatoms. The number of nitrogens with one attached hydrogen (secondary N) is 1. The highest BCUT2D eigenvalue weighted by Crippen LogP contribution is 2.25. The smallest absolute Gasteiger partial charge is 0.240 e. The Labute approximate surface area is 148 Å². The molecule has 25 heavy (non-hydrogen) atoms. The number of hydrogen-bond acceptors (Lipinski definition) is 3. The first-order valence-corrected chi connectivity index (χ1v) is 9.40. The van der Waals surface area contributed by atoms with Gasteiger partial charge in [-0.3, -0.25) is 0 Å². The number of benzene rings is 3. The van der Waals surface area contributed by atoms with Crippen LogP contribution in [0.3, 0.4) is 0 Å². The van der Waals surface area contributed by atoms with Gasteiger partial charge >= 0.3 is 0 Å². The van der Waals surface area contributed by atoms with Crippen LogP contribution in [0.15, 0.2) is 83.8 Å². The zero-order chi connectivity index (χ0) is 17.7. The average molecular weight is 353 g/mol. The van der Waals surface area contributed by atoms with E-state index in [9.17, 15) is 8.42 Å². The van der Waals surface area contributed by atoms with Crippen molar-refractivity contribution in [2.24, 2.45) is 0 Å². The van der Waals surface area contributed by atoms with Gasteiger partial charge in [0, 0.05) is 6.54 Å². The largest absolute Gasteiger partial charge is 0.457 e. The molecule has 0 atom stereocenters. The second-order valence-corrected chi connectivity index (χ2v) is 7.42. The highest BCUT2D eigenvalue weighted by molar-refractivity contribution is 7.89. The van der Waals surface area contributed by atoms with E-state index in [2.05, 4.69) is 4.72 Å². The van der Waals surface area contributed by atoms with Crippen molar-refractivity contribution in [3.05, 3.63) is 90.0 Å². The van der Waals surface area contributed by atoms with E-state index in [1.807, 2.05) is 61.5 Å². The van der Waals surface area contributed by atoms with E-state index in [0.29, 0.717) is 5.75 Å². The lowest BCUT2D eigenvalue weighted by Gasteiger charge is -2.10. The predicted octanol–water partition coefficient (Wildman–Crippen LogP) is 4.27. The molecule has 0 saturated heterocycles. The summed E-state index contributed by atoms with van der Waals surface area (Å²) in [5.41, 5.74) is 1.93. The van der Waals surface area contributed by atoms with Gasteiger partial charge in [0.2, 0.25) is 10.0 Å². The van der Waals surface area contributed by atoms with Crippen LogP contribution in [0, 0.1) is 6.92 Å². The Morgan fingerprint density at radius 3 is 2.16 bits per heavy atom. The Hall–Kier alpha value is -2.63. The highest BCUT2D eigenvalue weighted by atomic mass is 32.2. The van der Waals surface area contributed by atoms with Crippen LogP contribution in [0.5, 0.6) is 11.5 Å². The number of para-hydroxylation sites is 1. The van der Waals surface area contributed by atoms with Crippen LogP contribution < -0.4 is 9.46 Å². The summed E-state index contributed by atoms with van der Waals surface area (Å²) in [5, 5.41) is 0. The van der Waals surface area contributed by atoms with Gasteiger partial charge in [-0.15, -0.1) is 0 Å². The van der Waals surface area contributed by atoms with Crippen LogP contribution in [0.25, 0.3) is 0 Å². The van der Waals surface area contributed by atoms with E-state index in [-0.39, 0.29) is 11.4 Å². The number of ether oxygens (including phenoxy) is 1. The maximum absolute atomic E-state index is 12.4. The SMILES string of the molecule is Cc1ccccc1Oc1ccc(S(=O)(=O)NCc2ccccc2)cc1. The van der Waals surface area contributed by atoms with Crippen LogP contribution in [0.1, 0.15) is 11.1 Å². The van der Waals surface area contributed by atoms with E-state index < -0.39 is 10.0 Å². The zero-order valence-corrected chi connectivity index (χ0v) is 14.7. The lowest BCUT2D eigenvalue weighted by atomic mass is 10.2. The van der Waals surface area contributed by atoms with Crippen molar-refractivity contribution in [1.29, 1.82) is 0 Å². The van der Waals surface area contributed by atoms with Gasteiger partial charge in [0.1, 0.15) is 11.5 Å². The van der Waals surface area contributed by atoms with E-state index in [0.717, 1.165) is 16.9 Å². The van der Waals surface area contributed by atoms with Crippen LogP contribution >= 0.6 is 0 Å². The molecule has 4 nitrogen and oxygen atoms in total. The fourth-order valence-corrected chi connectivity index (χ4v) is 3.36. The maximum Gasteiger partial charge on any atom is 0.240 e. The van der Waals surface area contributed by atoms with Gasteiger partial charge in [-0.1, -0.05) is 48.5 Å². The molecule has 0 saturated carbocycles. The Balaban J connectivity index is 1.69. The van der Waals surface area contributed by atoms with E-state index in [1.54, 1.807) is 24.3 Å². The summed E-state index contributed by atoms with van der Waals surface area (Å²) in [7, 11) is -3.56. The molecular weight excluding hydrogens is 334 g/mol. The molecule has 0 aliphatic heterocycles. The molecule has 0 amide bonds. The third-order valence-corrected chi connectivity index (χ3v) is 5.18. The van der Waals surface area contributed by atoms with Gasteiger partial charge in [0.05, 0.1) is 4.90 Å².